The van der Waals surface area contributed by atoms with Gasteiger partial charge >= 0.3 is 18.3 Å². The van der Waals surface area contributed by atoms with Crippen LogP contribution in [0, 0.1) is 5.82 Å². The molecule has 2 atom stereocenters. The number of hydrogen-bond acceptors (Lipinski definition) is 9. The van der Waals surface area contributed by atoms with Crippen LogP contribution in [0.1, 0.15) is 23.1 Å². The Labute approximate surface area is 231 Å². The number of carboxylic acids is 1. The highest BCUT2D eigenvalue weighted by Gasteiger charge is 2.43. The van der Waals surface area contributed by atoms with Crippen molar-refractivity contribution >= 4 is 33.6 Å². The standard InChI is InChI=1S/C19H20F5N7O3S.C2HF3O2/c1-18(9-35(33,27-8-19(22,23)24)31(2)17(25)30-18)15-12(21)4-6-14(28-15)29-16(32)13-5-3-11(7-26-13)34-10-20;3-2(4,5)1(6)7/h3-7H,8-10H2,1-2H3,(H2,25,30)(H,28,29,32);(H,6,7)/t18-,35+;/m0./s1. The molecule has 3 rings (SSSR count). The number of pyridine rings is 2. The maximum Gasteiger partial charge on any atom is 0.490 e. The molecule has 1 aliphatic rings. The highest BCUT2D eigenvalue weighted by Crippen LogP contribution is 2.34. The molecule has 1 amide bonds. The number of carboxylic acid groups (broad SMARTS) is 1. The van der Waals surface area contributed by atoms with Gasteiger partial charge in [0, 0.05) is 7.05 Å². The molecule has 1 aliphatic heterocycles. The average Bonchev–Trinajstić information content (AvgIpc) is 2.87. The molecule has 0 saturated carbocycles. The first kappa shape index (κ1) is 33.9. The number of carbonyl (C=O) groups is 2. The Morgan fingerprint density at radius 3 is 2.33 bits per heavy atom. The zero-order valence-electron chi connectivity index (χ0n) is 21.3. The number of guanidine groups is 1. The number of alkyl halides is 7. The molecule has 0 radical (unpaired) electrons. The molecule has 42 heavy (non-hydrogen) atoms. The monoisotopic (exact) mass is 635 g/mol. The number of halogens is 8. The van der Waals surface area contributed by atoms with Crippen LogP contribution in [-0.4, -0.2) is 80.0 Å². The van der Waals surface area contributed by atoms with Crippen LogP contribution in [0.2, 0.25) is 0 Å². The Balaban J connectivity index is 0.000000782. The second-order valence-corrected chi connectivity index (χ2v) is 10.6. The zero-order chi connectivity index (χ0) is 32.1. The predicted molar refractivity (Wildman–Crippen MR) is 130 cm³/mol. The Kier molecular flexibility index (Phi) is 10.2. The summed E-state index contributed by atoms with van der Waals surface area (Å²) in [4.78, 5) is 33.3. The minimum atomic E-state index is -5.08. The minimum Gasteiger partial charge on any atom is -0.475 e. The molecule has 0 spiro atoms. The summed E-state index contributed by atoms with van der Waals surface area (Å²) in [6.07, 6.45) is -8.68. The molecule has 3 heterocycles. The fraction of sp³-hybridized carbons (Fsp3) is 0.381. The number of aromatic nitrogens is 2. The van der Waals surface area contributed by atoms with E-state index in [0.29, 0.717) is 0 Å². The maximum absolute atomic E-state index is 14.8. The predicted octanol–water partition coefficient (Wildman–Crippen LogP) is 3.23. The van der Waals surface area contributed by atoms with Crippen molar-refractivity contribution in [2.24, 2.45) is 15.1 Å². The molecule has 2 aromatic rings. The fourth-order valence-electron chi connectivity index (χ4n) is 3.13. The Bertz CT molecular complexity index is 1460. The minimum absolute atomic E-state index is 0.0920. The van der Waals surface area contributed by atoms with Crippen LogP contribution in [0.25, 0.3) is 0 Å². The summed E-state index contributed by atoms with van der Waals surface area (Å²) < 4.78 is 119. The Hall–Kier alpha value is -4.30. The van der Waals surface area contributed by atoms with Gasteiger partial charge in [-0.3, -0.25) is 9.10 Å². The zero-order valence-corrected chi connectivity index (χ0v) is 22.2. The molecular formula is C21H21F8N7O5S. The van der Waals surface area contributed by atoms with E-state index in [-0.39, 0.29) is 17.3 Å². The van der Waals surface area contributed by atoms with E-state index < -0.39 is 76.3 Å². The number of nitrogens with two attached hydrogens (primary N) is 1. The second-order valence-electron chi connectivity index (χ2n) is 8.31. The summed E-state index contributed by atoms with van der Waals surface area (Å²) in [6.45, 7) is -1.49. The first-order chi connectivity index (χ1) is 19.2. The van der Waals surface area contributed by atoms with Crippen LogP contribution in [0.5, 0.6) is 5.75 Å². The van der Waals surface area contributed by atoms with Crippen molar-refractivity contribution < 1.29 is 58.8 Å². The van der Waals surface area contributed by atoms with Crippen LogP contribution < -0.4 is 15.8 Å². The van der Waals surface area contributed by atoms with Gasteiger partial charge < -0.3 is 20.9 Å². The smallest absolute Gasteiger partial charge is 0.475 e. The van der Waals surface area contributed by atoms with E-state index in [4.69, 9.17) is 15.6 Å². The van der Waals surface area contributed by atoms with Crippen molar-refractivity contribution in [1.82, 2.24) is 14.3 Å². The Morgan fingerprint density at radius 1 is 1.21 bits per heavy atom. The normalized spacial score (nSPS) is 20.5. The largest absolute Gasteiger partial charge is 0.490 e. The van der Waals surface area contributed by atoms with Crippen LogP contribution in [0.3, 0.4) is 0 Å². The van der Waals surface area contributed by atoms with Crippen molar-refractivity contribution in [3.63, 3.8) is 0 Å². The highest BCUT2D eigenvalue weighted by molar-refractivity contribution is 7.92. The van der Waals surface area contributed by atoms with E-state index in [1.165, 1.54) is 19.1 Å². The molecular weight excluding hydrogens is 614 g/mol. The van der Waals surface area contributed by atoms with E-state index in [9.17, 15) is 44.1 Å². The van der Waals surface area contributed by atoms with Gasteiger partial charge in [-0.05, 0) is 31.2 Å². The number of nitrogens with one attached hydrogen (secondary N) is 1. The van der Waals surface area contributed by atoms with Gasteiger partial charge in [0.05, 0.1) is 11.9 Å². The molecule has 232 valence electrons. The number of nitrogens with zero attached hydrogens (tertiary/aromatic N) is 5. The van der Waals surface area contributed by atoms with Crippen LogP contribution in [0.4, 0.5) is 40.9 Å². The first-order valence-corrected chi connectivity index (χ1v) is 12.6. The van der Waals surface area contributed by atoms with E-state index in [0.717, 1.165) is 29.7 Å². The van der Waals surface area contributed by atoms with E-state index >= 15 is 0 Å². The van der Waals surface area contributed by atoms with Gasteiger partial charge in [-0.2, -0.15) is 26.3 Å². The van der Waals surface area contributed by atoms with Gasteiger partial charge in [-0.25, -0.2) is 37.1 Å². The average molecular weight is 635 g/mol. The number of rotatable bonds is 6. The summed E-state index contributed by atoms with van der Waals surface area (Å²) in [7, 11) is -2.61. The van der Waals surface area contributed by atoms with Crippen molar-refractivity contribution in [1.29, 1.82) is 0 Å². The SMILES string of the molecule is CN1C(N)=N[C@](C)(c2nc(NC(=O)c3ccc(OCF)cn3)ccc2F)C[S@@]1(=O)=NCC(F)(F)F.O=C(O)C(F)(F)F. The number of amides is 1. The van der Waals surface area contributed by atoms with Crippen LogP contribution in [0.15, 0.2) is 39.8 Å². The highest BCUT2D eigenvalue weighted by atomic mass is 32.2. The summed E-state index contributed by atoms with van der Waals surface area (Å²) >= 11 is 0. The van der Waals surface area contributed by atoms with Gasteiger partial charge in [-0.15, -0.1) is 0 Å². The third-order valence-corrected chi connectivity index (χ3v) is 7.57. The molecule has 0 aromatic carbocycles. The number of anilines is 1. The summed E-state index contributed by atoms with van der Waals surface area (Å²) in [5.74, 6) is -5.55. The number of aliphatic carboxylic acids is 1. The van der Waals surface area contributed by atoms with Gasteiger partial charge in [0.15, 0.2) is 0 Å². The lowest BCUT2D eigenvalue weighted by atomic mass is 10.00. The van der Waals surface area contributed by atoms with Crippen LogP contribution in [-0.2, 0) is 20.2 Å². The lowest BCUT2D eigenvalue weighted by molar-refractivity contribution is -0.192. The molecule has 21 heteroatoms. The summed E-state index contributed by atoms with van der Waals surface area (Å²) in [5.41, 5.74) is 3.50. The van der Waals surface area contributed by atoms with Gasteiger partial charge in [0.25, 0.3) is 5.91 Å². The number of hydrogen-bond donors (Lipinski definition) is 3. The Morgan fingerprint density at radius 2 is 1.83 bits per heavy atom. The molecule has 0 fully saturated rings. The summed E-state index contributed by atoms with van der Waals surface area (Å²) in [5, 5.41) is 9.52. The first-order valence-electron chi connectivity index (χ1n) is 11.0. The summed E-state index contributed by atoms with van der Waals surface area (Å²) in [6, 6.07) is 4.65. The van der Waals surface area contributed by atoms with Crippen molar-refractivity contribution in [2.75, 3.05) is 31.5 Å². The topological polar surface area (TPSA) is 172 Å². The number of carbonyl (C=O) groups excluding carboxylic acids is 1. The quantitative estimate of drug-likeness (QED) is 0.406. The van der Waals surface area contributed by atoms with Gasteiger partial charge in [0.2, 0.25) is 12.8 Å². The molecule has 4 N–H and O–H groups in total. The molecule has 0 bridgehead atoms. The third-order valence-electron chi connectivity index (χ3n) is 5.06. The fourth-order valence-corrected chi connectivity index (χ4v) is 5.20. The maximum atomic E-state index is 14.8. The van der Waals surface area contributed by atoms with E-state index in [1.54, 1.807) is 0 Å². The molecule has 0 unspecified atom stereocenters. The van der Waals surface area contributed by atoms with E-state index in [2.05, 4.69) is 29.4 Å². The van der Waals surface area contributed by atoms with Crippen LogP contribution >= 0.6 is 0 Å². The van der Waals surface area contributed by atoms with Gasteiger partial charge in [0.1, 0.15) is 50.8 Å². The molecule has 0 aliphatic carbocycles. The lowest BCUT2D eigenvalue weighted by Gasteiger charge is -2.36. The van der Waals surface area contributed by atoms with Gasteiger partial charge in [-0.1, -0.05) is 0 Å². The molecule has 0 saturated heterocycles. The molecule has 12 nitrogen and oxygen atoms in total. The molecule has 2 aromatic heterocycles. The van der Waals surface area contributed by atoms with Crippen molar-refractivity contribution in [3.8, 4) is 5.75 Å². The van der Waals surface area contributed by atoms with Crippen molar-refractivity contribution in [3.05, 3.63) is 47.7 Å². The lowest BCUT2D eigenvalue weighted by Crippen LogP contribution is -2.51. The van der Waals surface area contributed by atoms with E-state index in [1.807, 2.05) is 0 Å². The van der Waals surface area contributed by atoms with Crippen molar-refractivity contribution in [2.45, 2.75) is 24.8 Å². The second kappa shape index (κ2) is 12.7. The number of aliphatic imine (C=N–C) groups is 1. The third kappa shape index (κ3) is 8.85. The number of ether oxygens (including phenoxy) is 1.